The zero-order valence-electron chi connectivity index (χ0n) is 14.5. The summed E-state index contributed by atoms with van der Waals surface area (Å²) >= 11 is 12.8. The predicted octanol–water partition coefficient (Wildman–Crippen LogP) is 4.74. The van der Waals surface area contributed by atoms with Crippen LogP contribution in [0.3, 0.4) is 0 Å². The predicted molar refractivity (Wildman–Crippen MR) is 109 cm³/mol. The van der Waals surface area contributed by atoms with Crippen molar-refractivity contribution in [2.24, 2.45) is 0 Å². The van der Waals surface area contributed by atoms with Crippen LogP contribution < -0.4 is 4.74 Å². The lowest BCUT2D eigenvalue weighted by molar-refractivity contribution is 0.125. The molecule has 0 saturated heterocycles. The Morgan fingerprint density at radius 3 is 2.00 bits per heavy atom. The van der Waals surface area contributed by atoms with E-state index in [-0.39, 0.29) is 12.5 Å². The van der Waals surface area contributed by atoms with Gasteiger partial charge in [0.2, 0.25) is 0 Å². The first kappa shape index (κ1) is 21.4. The minimum absolute atomic E-state index is 0.164. The maximum atomic E-state index is 9.47. The normalized spacial score (nSPS) is 13.4. The van der Waals surface area contributed by atoms with Gasteiger partial charge in [0.05, 0.1) is 12.0 Å². The molecule has 0 aliphatic carbocycles. The Morgan fingerprint density at radius 1 is 0.846 bits per heavy atom. The van der Waals surface area contributed by atoms with Crippen molar-refractivity contribution < 1.29 is 14.9 Å². The molecule has 26 heavy (non-hydrogen) atoms. The summed E-state index contributed by atoms with van der Waals surface area (Å²) in [4.78, 5) is 2.29. The van der Waals surface area contributed by atoms with Gasteiger partial charge in [0.1, 0.15) is 18.5 Å². The van der Waals surface area contributed by atoms with E-state index in [2.05, 4.69) is 24.3 Å². The second kappa shape index (κ2) is 11.7. The van der Waals surface area contributed by atoms with Crippen molar-refractivity contribution in [1.82, 2.24) is 0 Å². The molecule has 2 aromatic rings. The average molecular weight is 415 g/mol. The molecule has 2 atom stereocenters. The first-order valence-corrected chi connectivity index (χ1v) is 10.5. The molecular formula is C20H24Cl2O3S. The van der Waals surface area contributed by atoms with Crippen LogP contribution in [0.2, 0.25) is 0 Å². The summed E-state index contributed by atoms with van der Waals surface area (Å²) in [5, 5.41) is 18.9. The maximum absolute atomic E-state index is 9.47. The van der Waals surface area contributed by atoms with E-state index in [0.29, 0.717) is 11.6 Å². The number of rotatable bonds is 11. The van der Waals surface area contributed by atoms with Crippen LogP contribution in [0.15, 0.2) is 58.3 Å². The minimum Gasteiger partial charge on any atom is -0.491 e. The van der Waals surface area contributed by atoms with E-state index in [1.165, 1.54) is 10.5 Å². The molecule has 0 aliphatic rings. The fourth-order valence-electron chi connectivity index (χ4n) is 2.32. The van der Waals surface area contributed by atoms with E-state index in [1.54, 1.807) is 11.8 Å². The van der Waals surface area contributed by atoms with Gasteiger partial charge in [-0.1, -0.05) is 23.9 Å². The standard InChI is InChI=1S/C20H24Cl2O3S/c21-12-16(23)3-1-2-15-4-8-19(9-5-15)26-20-10-6-18(7-11-20)25-14-17(24)13-22/h4-11,16-17,23-24H,1-3,12-14H2. The summed E-state index contributed by atoms with van der Waals surface area (Å²) in [6, 6.07) is 16.2. The van der Waals surface area contributed by atoms with Crippen LogP contribution in [0.4, 0.5) is 0 Å². The highest BCUT2D eigenvalue weighted by atomic mass is 35.5. The molecule has 0 amide bonds. The summed E-state index contributed by atoms with van der Waals surface area (Å²) in [5.41, 5.74) is 1.26. The van der Waals surface area contributed by atoms with Gasteiger partial charge in [0.15, 0.2) is 0 Å². The average Bonchev–Trinajstić information content (AvgIpc) is 2.68. The van der Waals surface area contributed by atoms with Crippen molar-refractivity contribution in [2.75, 3.05) is 18.4 Å². The fraction of sp³-hybridized carbons (Fsp3) is 0.400. The Balaban J connectivity index is 1.81. The maximum Gasteiger partial charge on any atom is 0.119 e. The van der Waals surface area contributed by atoms with Crippen LogP contribution >= 0.6 is 35.0 Å². The van der Waals surface area contributed by atoms with E-state index < -0.39 is 12.2 Å². The van der Waals surface area contributed by atoms with Crippen molar-refractivity contribution in [3.63, 3.8) is 0 Å². The second-order valence-corrected chi connectivity index (χ2v) is 7.80. The summed E-state index contributed by atoms with van der Waals surface area (Å²) in [6.45, 7) is 0.194. The van der Waals surface area contributed by atoms with E-state index in [9.17, 15) is 10.2 Å². The SMILES string of the molecule is OC(CCl)CCCc1ccc(Sc2ccc(OCC(O)CCl)cc2)cc1. The Bertz CT molecular complexity index is 635. The number of aliphatic hydroxyl groups is 2. The molecule has 2 N–H and O–H groups in total. The number of halogens is 2. The van der Waals surface area contributed by atoms with Crippen molar-refractivity contribution in [1.29, 1.82) is 0 Å². The van der Waals surface area contributed by atoms with Crippen LogP contribution in [-0.4, -0.2) is 40.8 Å². The van der Waals surface area contributed by atoms with Gasteiger partial charge < -0.3 is 14.9 Å². The number of benzene rings is 2. The summed E-state index contributed by atoms with van der Waals surface area (Å²) in [5.74, 6) is 1.18. The van der Waals surface area contributed by atoms with Gasteiger partial charge in [-0.2, -0.15) is 0 Å². The highest BCUT2D eigenvalue weighted by molar-refractivity contribution is 7.99. The quantitative estimate of drug-likeness (QED) is 0.521. The lowest BCUT2D eigenvalue weighted by Gasteiger charge is -2.10. The van der Waals surface area contributed by atoms with Gasteiger partial charge in [-0.05, 0) is 61.2 Å². The monoisotopic (exact) mass is 414 g/mol. The zero-order valence-corrected chi connectivity index (χ0v) is 16.8. The van der Waals surface area contributed by atoms with Gasteiger partial charge in [-0.25, -0.2) is 0 Å². The molecule has 142 valence electrons. The number of aryl methyl sites for hydroxylation is 1. The van der Waals surface area contributed by atoms with E-state index in [0.717, 1.165) is 24.2 Å². The van der Waals surface area contributed by atoms with E-state index >= 15 is 0 Å². The van der Waals surface area contributed by atoms with Gasteiger partial charge in [-0.3, -0.25) is 0 Å². The van der Waals surface area contributed by atoms with Gasteiger partial charge in [0.25, 0.3) is 0 Å². The molecule has 2 aromatic carbocycles. The molecule has 2 unspecified atom stereocenters. The molecule has 0 spiro atoms. The fourth-order valence-corrected chi connectivity index (χ4v) is 3.38. The summed E-state index contributed by atoms with van der Waals surface area (Å²) < 4.78 is 5.47. The highest BCUT2D eigenvalue weighted by Gasteiger charge is 2.05. The van der Waals surface area contributed by atoms with Gasteiger partial charge in [0, 0.05) is 15.7 Å². The molecule has 0 fully saturated rings. The molecule has 2 rings (SSSR count). The Hall–Kier alpha value is -0.910. The smallest absolute Gasteiger partial charge is 0.119 e. The van der Waals surface area contributed by atoms with Gasteiger partial charge >= 0.3 is 0 Å². The van der Waals surface area contributed by atoms with Crippen molar-refractivity contribution >= 4 is 35.0 Å². The first-order valence-electron chi connectivity index (χ1n) is 8.58. The molecule has 0 bridgehead atoms. The number of ether oxygens (including phenoxy) is 1. The van der Waals surface area contributed by atoms with Crippen molar-refractivity contribution in [3.8, 4) is 5.75 Å². The third-order valence-corrected chi connectivity index (χ3v) is 5.51. The first-order chi connectivity index (χ1) is 12.6. The molecule has 0 saturated carbocycles. The molecule has 0 aromatic heterocycles. The summed E-state index contributed by atoms with van der Waals surface area (Å²) in [7, 11) is 0. The third kappa shape index (κ3) is 7.77. The summed E-state index contributed by atoms with van der Waals surface area (Å²) in [6.07, 6.45) is 1.55. The Morgan fingerprint density at radius 2 is 1.42 bits per heavy atom. The zero-order chi connectivity index (χ0) is 18.8. The van der Waals surface area contributed by atoms with Crippen molar-refractivity contribution in [2.45, 2.75) is 41.3 Å². The molecule has 0 aliphatic heterocycles. The second-order valence-electron chi connectivity index (χ2n) is 6.04. The van der Waals surface area contributed by atoms with E-state index in [4.69, 9.17) is 27.9 Å². The molecule has 6 heteroatoms. The molecule has 0 heterocycles. The lowest BCUT2D eigenvalue weighted by Crippen LogP contribution is -2.18. The number of hydrogen-bond donors (Lipinski definition) is 2. The molecular weight excluding hydrogens is 391 g/mol. The highest BCUT2D eigenvalue weighted by Crippen LogP contribution is 2.29. The van der Waals surface area contributed by atoms with E-state index in [1.807, 2.05) is 24.3 Å². The largest absolute Gasteiger partial charge is 0.491 e. The van der Waals surface area contributed by atoms with Crippen molar-refractivity contribution in [3.05, 3.63) is 54.1 Å². The topological polar surface area (TPSA) is 49.7 Å². The van der Waals surface area contributed by atoms with Crippen LogP contribution in [-0.2, 0) is 6.42 Å². The van der Waals surface area contributed by atoms with Crippen LogP contribution in [0.5, 0.6) is 5.75 Å². The van der Waals surface area contributed by atoms with Crippen LogP contribution in [0.1, 0.15) is 18.4 Å². The molecule has 0 radical (unpaired) electrons. The number of alkyl halides is 2. The van der Waals surface area contributed by atoms with Gasteiger partial charge in [-0.15, -0.1) is 23.2 Å². The number of aliphatic hydroxyl groups excluding tert-OH is 2. The third-order valence-electron chi connectivity index (χ3n) is 3.78. The van der Waals surface area contributed by atoms with Crippen LogP contribution in [0, 0.1) is 0 Å². The Kier molecular flexibility index (Phi) is 9.65. The number of hydrogen-bond acceptors (Lipinski definition) is 4. The molecule has 3 nitrogen and oxygen atoms in total. The Labute approximate surface area is 169 Å². The minimum atomic E-state index is -0.651. The lowest BCUT2D eigenvalue weighted by atomic mass is 10.1. The van der Waals surface area contributed by atoms with Crippen LogP contribution in [0.25, 0.3) is 0 Å².